The lowest BCUT2D eigenvalue weighted by Gasteiger charge is -2.08. The van der Waals surface area contributed by atoms with E-state index in [2.05, 4.69) is 0 Å². The van der Waals surface area contributed by atoms with Gasteiger partial charge in [0.1, 0.15) is 36.2 Å². The van der Waals surface area contributed by atoms with Gasteiger partial charge in [0.2, 0.25) is 0 Å². The van der Waals surface area contributed by atoms with Crippen molar-refractivity contribution in [3.8, 4) is 11.5 Å². The molecule has 2 rings (SSSR count). The Kier molecular flexibility index (Phi) is 7.91. The van der Waals surface area contributed by atoms with Crippen LogP contribution in [0.5, 0.6) is 11.5 Å². The molecular weight excluding hydrogens is 344 g/mol. The Labute approximate surface area is 150 Å². The third-order valence-corrected chi connectivity index (χ3v) is 3.10. The monoisotopic (exact) mass is 366 g/mol. The maximum atomic E-state index is 11.2. The Morgan fingerprint density at radius 3 is 1.42 bits per heavy atom. The van der Waals surface area contributed by atoms with Crippen molar-refractivity contribution in [2.75, 3.05) is 39.6 Å². The zero-order chi connectivity index (χ0) is 18.8. The molecule has 0 N–H and O–H groups in total. The van der Waals surface area contributed by atoms with Crippen molar-refractivity contribution >= 4 is 0 Å². The fraction of sp³-hybridized carbons (Fsp3) is 0.444. The highest BCUT2D eigenvalue weighted by molar-refractivity contribution is 5.20. The van der Waals surface area contributed by atoms with Crippen LogP contribution >= 0.6 is 0 Å². The topological polar surface area (TPSA) is 97.3 Å². The Balaban J connectivity index is 1.48. The second-order valence-electron chi connectivity index (χ2n) is 5.37. The predicted octanol–water partition coefficient (Wildman–Crippen LogP) is 1.70. The second kappa shape index (κ2) is 10.4. The molecule has 0 atom stereocenters. The molecule has 0 radical (unpaired) electrons. The molecule has 0 bridgehead atoms. The molecule has 0 amide bonds. The summed E-state index contributed by atoms with van der Waals surface area (Å²) >= 11 is 0. The van der Waals surface area contributed by atoms with Gasteiger partial charge in [-0.1, -0.05) is 0 Å². The SMILES string of the molecule is Cc1cc(OCCOCCOCCOc2cc(C)oc(=O)c2)cc(=O)o1. The number of hydrogen-bond donors (Lipinski definition) is 0. The summed E-state index contributed by atoms with van der Waals surface area (Å²) in [5.41, 5.74) is -0.883. The van der Waals surface area contributed by atoms with Crippen molar-refractivity contribution < 1.29 is 27.8 Å². The van der Waals surface area contributed by atoms with E-state index >= 15 is 0 Å². The highest BCUT2D eigenvalue weighted by Crippen LogP contribution is 2.09. The predicted molar refractivity (Wildman–Crippen MR) is 92.1 cm³/mol. The largest absolute Gasteiger partial charge is 0.491 e. The van der Waals surface area contributed by atoms with E-state index in [1.807, 2.05) is 0 Å². The minimum absolute atomic E-state index is 0.321. The lowest BCUT2D eigenvalue weighted by atomic mass is 10.4. The molecule has 2 heterocycles. The van der Waals surface area contributed by atoms with Gasteiger partial charge in [0.05, 0.1) is 38.6 Å². The van der Waals surface area contributed by atoms with E-state index < -0.39 is 11.3 Å². The molecule has 2 aromatic heterocycles. The molecular formula is C18H22O8. The van der Waals surface area contributed by atoms with Crippen LogP contribution in [0.4, 0.5) is 0 Å². The fourth-order valence-corrected chi connectivity index (χ4v) is 2.08. The molecule has 0 spiro atoms. The lowest BCUT2D eigenvalue weighted by Crippen LogP contribution is -2.14. The summed E-state index contributed by atoms with van der Waals surface area (Å²) in [5.74, 6) is 1.91. The molecule has 0 aliphatic rings. The third kappa shape index (κ3) is 7.54. The van der Waals surface area contributed by atoms with Gasteiger partial charge < -0.3 is 27.8 Å². The first-order valence-electron chi connectivity index (χ1n) is 8.17. The zero-order valence-corrected chi connectivity index (χ0v) is 14.8. The van der Waals surface area contributed by atoms with Crippen LogP contribution in [-0.4, -0.2) is 39.6 Å². The van der Waals surface area contributed by atoms with E-state index in [9.17, 15) is 9.59 Å². The number of hydrogen-bond acceptors (Lipinski definition) is 8. The molecule has 0 unspecified atom stereocenters. The Hall–Kier alpha value is -2.58. The van der Waals surface area contributed by atoms with Crippen LogP contribution in [0.3, 0.4) is 0 Å². The molecule has 26 heavy (non-hydrogen) atoms. The quantitative estimate of drug-likeness (QED) is 0.554. The summed E-state index contributed by atoms with van der Waals surface area (Å²) in [6, 6.07) is 5.85. The second-order valence-corrected chi connectivity index (χ2v) is 5.37. The molecule has 0 fully saturated rings. The van der Waals surface area contributed by atoms with Gasteiger partial charge in [-0.3, -0.25) is 0 Å². The van der Waals surface area contributed by atoms with Gasteiger partial charge in [0.25, 0.3) is 0 Å². The van der Waals surface area contributed by atoms with Crippen molar-refractivity contribution in [3.05, 3.63) is 56.6 Å². The first-order valence-corrected chi connectivity index (χ1v) is 8.17. The van der Waals surface area contributed by atoms with Crippen LogP contribution in [0, 0.1) is 13.8 Å². The average Bonchev–Trinajstić information content (AvgIpc) is 2.55. The normalized spacial score (nSPS) is 10.7. The van der Waals surface area contributed by atoms with Gasteiger partial charge in [-0.15, -0.1) is 0 Å². The van der Waals surface area contributed by atoms with E-state index in [1.165, 1.54) is 12.1 Å². The van der Waals surface area contributed by atoms with Crippen molar-refractivity contribution in [1.29, 1.82) is 0 Å². The van der Waals surface area contributed by atoms with Gasteiger partial charge in [-0.05, 0) is 13.8 Å². The molecule has 0 aromatic carbocycles. The standard InChI is InChI=1S/C18H22O8/c1-13-9-15(11-17(19)25-13)23-7-5-21-3-4-22-6-8-24-16-10-14(2)26-18(20)12-16/h9-12H,3-8H2,1-2H3. The highest BCUT2D eigenvalue weighted by Gasteiger charge is 2.00. The molecule has 0 saturated heterocycles. The average molecular weight is 366 g/mol. The van der Waals surface area contributed by atoms with E-state index in [0.717, 1.165) is 0 Å². The summed E-state index contributed by atoms with van der Waals surface area (Å²) in [6.45, 7) is 5.57. The molecule has 0 saturated carbocycles. The van der Waals surface area contributed by atoms with E-state index in [4.69, 9.17) is 27.8 Å². The van der Waals surface area contributed by atoms with Gasteiger partial charge in [-0.2, -0.15) is 0 Å². The van der Waals surface area contributed by atoms with Crippen molar-refractivity contribution in [1.82, 2.24) is 0 Å². The van der Waals surface area contributed by atoms with Crippen LogP contribution in [0.1, 0.15) is 11.5 Å². The number of rotatable bonds is 11. The molecule has 142 valence electrons. The van der Waals surface area contributed by atoms with E-state index in [-0.39, 0.29) is 0 Å². The number of ether oxygens (including phenoxy) is 4. The van der Waals surface area contributed by atoms with Crippen LogP contribution in [0.25, 0.3) is 0 Å². The molecule has 2 aromatic rings. The van der Waals surface area contributed by atoms with E-state index in [1.54, 1.807) is 26.0 Å². The molecule has 8 nitrogen and oxygen atoms in total. The lowest BCUT2D eigenvalue weighted by molar-refractivity contribution is 0.0272. The van der Waals surface area contributed by atoms with Crippen LogP contribution in [0.15, 0.2) is 42.7 Å². The van der Waals surface area contributed by atoms with Crippen LogP contribution in [0.2, 0.25) is 0 Å². The van der Waals surface area contributed by atoms with Gasteiger partial charge in [0, 0.05) is 12.1 Å². The first-order chi connectivity index (χ1) is 12.5. The smallest absolute Gasteiger partial charge is 0.339 e. The summed E-state index contributed by atoms with van der Waals surface area (Å²) in [7, 11) is 0. The maximum absolute atomic E-state index is 11.2. The van der Waals surface area contributed by atoms with Crippen molar-refractivity contribution in [2.45, 2.75) is 13.8 Å². The van der Waals surface area contributed by atoms with Gasteiger partial charge in [-0.25, -0.2) is 9.59 Å². The molecule has 0 aliphatic carbocycles. The third-order valence-electron chi connectivity index (χ3n) is 3.10. The fourth-order valence-electron chi connectivity index (χ4n) is 2.08. The van der Waals surface area contributed by atoms with E-state index in [0.29, 0.717) is 62.7 Å². The summed E-state index contributed by atoms with van der Waals surface area (Å²) in [4.78, 5) is 22.3. The minimum atomic E-state index is -0.442. The zero-order valence-electron chi connectivity index (χ0n) is 14.8. The number of aryl methyl sites for hydroxylation is 2. The maximum Gasteiger partial charge on any atom is 0.339 e. The van der Waals surface area contributed by atoms with Crippen molar-refractivity contribution in [2.24, 2.45) is 0 Å². The molecule has 0 aliphatic heterocycles. The molecule has 8 heteroatoms. The Morgan fingerprint density at radius 2 is 1.04 bits per heavy atom. The summed E-state index contributed by atoms with van der Waals surface area (Å²) < 4.78 is 31.2. The first kappa shape index (κ1) is 19.7. The van der Waals surface area contributed by atoms with Crippen molar-refractivity contribution in [3.63, 3.8) is 0 Å². The minimum Gasteiger partial charge on any atom is -0.491 e. The van der Waals surface area contributed by atoms with Gasteiger partial charge >= 0.3 is 11.3 Å². The highest BCUT2D eigenvalue weighted by atomic mass is 16.6. The van der Waals surface area contributed by atoms with Crippen LogP contribution in [-0.2, 0) is 9.47 Å². The summed E-state index contributed by atoms with van der Waals surface area (Å²) in [5, 5.41) is 0. The summed E-state index contributed by atoms with van der Waals surface area (Å²) in [6.07, 6.45) is 0. The van der Waals surface area contributed by atoms with Gasteiger partial charge in [0.15, 0.2) is 0 Å². The van der Waals surface area contributed by atoms with Crippen LogP contribution < -0.4 is 20.7 Å². The Morgan fingerprint density at radius 1 is 0.654 bits per heavy atom. The Bertz CT molecular complexity index is 725.